The highest BCUT2D eigenvalue weighted by molar-refractivity contribution is 5.11. The molecule has 0 radical (unpaired) electrons. The minimum absolute atomic E-state index is 0.660. The Morgan fingerprint density at radius 2 is 2.18 bits per heavy atom. The third-order valence-electron chi connectivity index (χ3n) is 2.94. The van der Waals surface area contributed by atoms with Crippen LogP contribution in [0.15, 0.2) is 6.07 Å². The van der Waals surface area contributed by atoms with Crippen molar-refractivity contribution in [1.29, 1.82) is 0 Å². The van der Waals surface area contributed by atoms with Crippen LogP contribution in [0.4, 0.5) is 0 Å². The van der Waals surface area contributed by atoms with E-state index in [1.54, 1.807) is 0 Å². The smallest absolute Gasteiger partial charge is 0.0686 e. The third-order valence-corrected chi connectivity index (χ3v) is 2.94. The minimum Gasteiger partial charge on any atom is -0.390 e. The summed E-state index contributed by atoms with van der Waals surface area (Å²) in [5.74, 6) is 0. The van der Waals surface area contributed by atoms with Crippen LogP contribution in [0.1, 0.15) is 38.6 Å². The van der Waals surface area contributed by atoms with Crippen LogP contribution in [0.25, 0.3) is 0 Å². The fraction of sp³-hybridized carbons (Fsp3) is 0.769. The topological polar surface area (TPSA) is 50.1 Å². The van der Waals surface area contributed by atoms with E-state index in [0.717, 1.165) is 37.4 Å². The van der Waals surface area contributed by atoms with Gasteiger partial charge in [0.2, 0.25) is 0 Å². The SMILES string of the molecule is CCNCCC(C)(O)Cc1cc(C)nn1CC. The summed E-state index contributed by atoms with van der Waals surface area (Å²) in [6, 6.07) is 2.06. The molecule has 4 nitrogen and oxygen atoms in total. The number of nitrogens with one attached hydrogen (secondary N) is 1. The summed E-state index contributed by atoms with van der Waals surface area (Å²) in [7, 11) is 0. The molecule has 1 heterocycles. The molecule has 1 aromatic rings. The second-order valence-electron chi connectivity index (χ2n) is 4.87. The van der Waals surface area contributed by atoms with E-state index < -0.39 is 5.60 Å². The Balaban J connectivity index is 2.61. The Hall–Kier alpha value is -0.870. The number of nitrogens with zero attached hydrogens (tertiary/aromatic N) is 2. The van der Waals surface area contributed by atoms with Gasteiger partial charge in [-0.25, -0.2) is 0 Å². The Kier molecular flexibility index (Phi) is 5.15. The molecular weight excluding hydrogens is 214 g/mol. The van der Waals surface area contributed by atoms with E-state index in [1.165, 1.54) is 0 Å². The standard InChI is InChI=1S/C13H25N3O/c1-5-14-8-7-13(4,17)10-12-9-11(3)15-16(12)6-2/h9,14,17H,5-8,10H2,1-4H3. The first-order valence-corrected chi connectivity index (χ1v) is 6.45. The highest BCUT2D eigenvalue weighted by Crippen LogP contribution is 2.17. The summed E-state index contributed by atoms with van der Waals surface area (Å²) in [5, 5.41) is 18.0. The molecule has 0 aliphatic heterocycles. The maximum atomic E-state index is 10.3. The average Bonchev–Trinajstić information content (AvgIpc) is 2.58. The fourth-order valence-electron chi connectivity index (χ4n) is 2.03. The average molecular weight is 239 g/mol. The van der Waals surface area contributed by atoms with Crippen molar-refractivity contribution in [3.05, 3.63) is 17.5 Å². The van der Waals surface area contributed by atoms with E-state index >= 15 is 0 Å². The number of aromatic nitrogens is 2. The molecule has 0 amide bonds. The van der Waals surface area contributed by atoms with Gasteiger partial charge in [0.05, 0.1) is 11.3 Å². The minimum atomic E-state index is -0.665. The van der Waals surface area contributed by atoms with Crippen molar-refractivity contribution >= 4 is 0 Å². The van der Waals surface area contributed by atoms with Crippen molar-refractivity contribution < 1.29 is 5.11 Å². The van der Waals surface area contributed by atoms with Gasteiger partial charge in [0, 0.05) is 18.7 Å². The van der Waals surface area contributed by atoms with Crippen LogP contribution in [-0.4, -0.2) is 33.6 Å². The number of rotatable bonds is 7. The number of aliphatic hydroxyl groups is 1. The largest absolute Gasteiger partial charge is 0.390 e. The first kappa shape index (κ1) is 14.2. The molecule has 0 saturated heterocycles. The number of aryl methyl sites for hydroxylation is 2. The summed E-state index contributed by atoms with van der Waals surface area (Å²) >= 11 is 0. The Morgan fingerprint density at radius 1 is 1.47 bits per heavy atom. The van der Waals surface area contributed by atoms with E-state index in [-0.39, 0.29) is 0 Å². The van der Waals surface area contributed by atoms with Crippen LogP contribution >= 0.6 is 0 Å². The molecule has 0 saturated carbocycles. The summed E-state index contributed by atoms with van der Waals surface area (Å²) in [6.07, 6.45) is 1.42. The molecular formula is C13H25N3O. The summed E-state index contributed by atoms with van der Waals surface area (Å²) in [4.78, 5) is 0. The molecule has 0 aromatic carbocycles. The Labute approximate surface area is 104 Å². The van der Waals surface area contributed by atoms with Crippen molar-refractivity contribution in [2.75, 3.05) is 13.1 Å². The molecule has 0 fully saturated rings. The molecule has 0 bridgehead atoms. The lowest BCUT2D eigenvalue weighted by Crippen LogP contribution is -2.33. The summed E-state index contributed by atoms with van der Waals surface area (Å²) in [5.41, 5.74) is 1.47. The quantitative estimate of drug-likeness (QED) is 0.709. The molecule has 1 atom stereocenters. The lowest BCUT2D eigenvalue weighted by molar-refractivity contribution is 0.0496. The highest BCUT2D eigenvalue weighted by atomic mass is 16.3. The van der Waals surface area contributed by atoms with Gasteiger partial charge in [-0.3, -0.25) is 4.68 Å². The zero-order chi connectivity index (χ0) is 12.9. The van der Waals surface area contributed by atoms with Crippen LogP contribution in [0.2, 0.25) is 0 Å². The monoisotopic (exact) mass is 239 g/mol. The van der Waals surface area contributed by atoms with Gasteiger partial charge >= 0.3 is 0 Å². The van der Waals surface area contributed by atoms with Crippen LogP contribution < -0.4 is 5.32 Å². The first-order valence-electron chi connectivity index (χ1n) is 6.45. The van der Waals surface area contributed by atoms with E-state index in [2.05, 4.69) is 30.3 Å². The van der Waals surface area contributed by atoms with Gasteiger partial charge in [-0.1, -0.05) is 6.92 Å². The van der Waals surface area contributed by atoms with Gasteiger partial charge in [0.15, 0.2) is 0 Å². The molecule has 1 rings (SSSR count). The number of hydrogen-bond donors (Lipinski definition) is 2. The van der Waals surface area contributed by atoms with Gasteiger partial charge in [0.25, 0.3) is 0 Å². The molecule has 1 unspecified atom stereocenters. The van der Waals surface area contributed by atoms with Crippen molar-refractivity contribution in [3.63, 3.8) is 0 Å². The maximum absolute atomic E-state index is 10.3. The molecule has 4 heteroatoms. The van der Waals surface area contributed by atoms with Crippen molar-refractivity contribution in [1.82, 2.24) is 15.1 Å². The van der Waals surface area contributed by atoms with Gasteiger partial charge in [-0.15, -0.1) is 0 Å². The molecule has 0 aliphatic carbocycles. The van der Waals surface area contributed by atoms with Gasteiger partial charge in [-0.05, 0) is 46.3 Å². The van der Waals surface area contributed by atoms with E-state index in [0.29, 0.717) is 6.42 Å². The molecule has 2 N–H and O–H groups in total. The number of hydrogen-bond acceptors (Lipinski definition) is 3. The zero-order valence-electron chi connectivity index (χ0n) is 11.5. The molecule has 17 heavy (non-hydrogen) atoms. The van der Waals surface area contributed by atoms with Crippen molar-refractivity contribution in [3.8, 4) is 0 Å². The van der Waals surface area contributed by atoms with Crippen LogP contribution in [0.5, 0.6) is 0 Å². The molecule has 98 valence electrons. The maximum Gasteiger partial charge on any atom is 0.0686 e. The second kappa shape index (κ2) is 6.17. The summed E-state index contributed by atoms with van der Waals surface area (Å²) < 4.78 is 1.97. The van der Waals surface area contributed by atoms with Gasteiger partial charge in [-0.2, -0.15) is 5.10 Å². The Bertz CT molecular complexity index is 344. The lowest BCUT2D eigenvalue weighted by atomic mass is 9.96. The second-order valence-corrected chi connectivity index (χ2v) is 4.87. The van der Waals surface area contributed by atoms with Gasteiger partial charge < -0.3 is 10.4 Å². The third kappa shape index (κ3) is 4.48. The zero-order valence-corrected chi connectivity index (χ0v) is 11.5. The van der Waals surface area contributed by atoms with Crippen LogP contribution in [-0.2, 0) is 13.0 Å². The van der Waals surface area contributed by atoms with Crippen molar-refractivity contribution in [2.45, 2.75) is 52.7 Å². The fourth-order valence-corrected chi connectivity index (χ4v) is 2.03. The van der Waals surface area contributed by atoms with Crippen molar-refractivity contribution in [2.24, 2.45) is 0 Å². The predicted octanol–water partition coefficient (Wildman–Crippen LogP) is 1.50. The Morgan fingerprint density at radius 3 is 2.76 bits per heavy atom. The summed E-state index contributed by atoms with van der Waals surface area (Å²) in [6.45, 7) is 10.7. The van der Waals surface area contributed by atoms with E-state index in [4.69, 9.17) is 0 Å². The predicted molar refractivity (Wildman–Crippen MR) is 70.1 cm³/mol. The lowest BCUT2D eigenvalue weighted by Gasteiger charge is -2.23. The van der Waals surface area contributed by atoms with E-state index in [1.807, 2.05) is 18.5 Å². The van der Waals surface area contributed by atoms with Crippen LogP contribution in [0, 0.1) is 6.92 Å². The highest BCUT2D eigenvalue weighted by Gasteiger charge is 2.22. The molecule has 1 aromatic heterocycles. The first-order chi connectivity index (χ1) is 7.98. The van der Waals surface area contributed by atoms with E-state index in [9.17, 15) is 5.11 Å². The van der Waals surface area contributed by atoms with Gasteiger partial charge in [0.1, 0.15) is 0 Å². The molecule has 0 aliphatic rings. The molecule has 0 spiro atoms. The van der Waals surface area contributed by atoms with Crippen LogP contribution in [0.3, 0.4) is 0 Å². The normalized spacial score (nSPS) is 14.9.